The molecule has 0 aliphatic carbocycles. The summed E-state index contributed by atoms with van der Waals surface area (Å²) in [5.74, 6) is -1.35. The maximum absolute atomic E-state index is 13.5. The van der Waals surface area contributed by atoms with E-state index in [4.69, 9.17) is 35.4 Å². The average Bonchev–Trinajstić information content (AvgIpc) is 3.06. The first-order valence-corrected chi connectivity index (χ1v) is 12.2. The van der Waals surface area contributed by atoms with E-state index in [-0.39, 0.29) is 11.5 Å². The van der Waals surface area contributed by atoms with Crippen LogP contribution in [0, 0.1) is 13.8 Å². The van der Waals surface area contributed by atoms with E-state index in [9.17, 15) is 14.4 Å². The van der Waals surface area contributed by atoms with E-state index < -0.39 is 23.8 Å². The van der Waals surface area contributed by atoms with E-state index >= 15 is 0 Å². The Morgan fingerprint density at radius 2 is 1.56 bits per heavy atom. The molecule has 3 aromatic carbocycles. The molecular weight excluding hydrogens is 519 g/mol. The van der Waals surface area contributed by atoms with Crippen LogP contribution in [0.15, 0.2) is 66.7 Å². The van der Waals surface area contributed by atoms with Gasteiger partial charge in [0.05, 0.1) is 12.1 Å². The molecule has 1 aliphatic rings. The van der Waals surface area contributed by atoms with E-state index in [2.05, 4.69) is 10.7 Å². The lowest BCUT2D eigenvalue weighted by atomic mass is 10.1. The van der Waals surface area contributed by atoms with E-state index in [1.807, 2.05) is 32.0 Å². The van der Waals surface area contributed by atoms with Crippen molar-refractivity contribution in [3.8, 4) is 0 Å². The molecule has 3 amide bonds. The van der Waals surface area contributed by atoms with Gasteiger partial charge in [0.25, 0.3) is 11.8 Å². The van der Waals surface area contributed by atoms with Crippen molar-refractivity contribution < 1.29 is 14.4 Å². The molecule has 1 aliphatic heterocycles. The molecule has 0 aromatic heterocycles. The third kappa shape index (κ3) is 5.51. The number of anilines is 2. The number of halogens is 2. The minimum Gasteiger partial charge on any atom is -0.326 e. The van der Waals surface area contributed by atoms with Crippen LogP contribution >= 0.6 is 35.4 Å². The predicted molar refractivity (Wildman–Crippen MR) is 145 cm³/mol. The second-order valence-electron chi connectivity index (χ2n) is 8.34. The molecule has 0 unspecified atom stereocenters. The Labute approximate surface area is 223 Å². The summed E-state index contributed by atoms with van der Waals surface area (Å²) in [5.41, 5.74) is 6.08. The van der Waals surface area contributed by atoms with Gasteiger partial charge in [0.2, 0.25) is 11.0 Å². The number of carbonyl (C=O) groups is 3. The van der Waals surface area contributed by atoms with E-state index in [0.717, 1.165) is 11.1 Å². The monoisotopic (exact) mass is 540 g/mol. The molecule has 7 nitrogen and oxygen atoms in total. The normalized spacial score (nSPS) is 15.3. The van der Waals surface area contributed by atoms with Gasteiger partial charge in [-0.05, 0) is 86.2 Å². The van der Waals surface area contributed by atoms with Crippen molar-refractivity contribution in [3.05, 3.63) is 93.5 Å². The lowest BCUT2D eigenvalue weighted by Gasteiger charge is -2.24. The molecule has 36 heavy (non-hydrogen) atoms. The Morgan fingerprint density at radius 1 is 0.944 bits per heavy atom. The summed E-state index contributed by atoms with van der Waals surface area (Å²) in [6.07, 6.45) is -0.239. The second-order valence-corrected chi connectivity index (χ2v) is 9.57. The van der Waals surface area contributed by atoms with Crippen molar-refractivity contribution in [3.63, 3.8) is 0 Å². The zero-order chi connectivity index (χ0) is 26.0. The minimum atomic E-state index is -1.06. The number of nitrogens with zero attached hydrogens (tertiary/aromatic N) is 2. The molecule has 0 spiro atoms. The molecule has 184 valence electrons. The Hall–Kier alpha value is -3.46. The summed E-state index contributed by atoms with van der Waals surface area (Å²) in [6, 6.07) is 17.4. The molecular formula is C26H22Cl2N4O3S. The molecule has 4 rings (SSSR count). The van der Waals surface area contributed by atoms with Gasteiger partial charge in [0, 0.05) is 21.3 Å². The fraction of sp³-hybridized carbons (Fsp3) is 0.154. The van der Waals surface area contributed by atoms with Crippen LogP contribution in [-0.4, -0.2) is 33.9 Å². The topological polar surface area (TPSA) is 81.8 Å². The maximum Gasteiger partial charge on any atom is 0.269 e. The number of rotatable bonds is 6. The van der Waals surface area contributed by atoms with Crippen molar-refractivity contribution in [2.75, 3.05) is 10.2 Å². The number of amides is 3. The fourth-order valence-corrected chi connectivity index (χ4v) is 4.45. The Bertz CT molecular complexity index is 1350. The van der Waals surface area contributed by atoms with Gasteiger partial charge in [0.15, 0.2) is 0 Å². The van der Waals surface area contributed by atoms with Crippen molar-refractivity contribution >= 4 is 69.6 Å². The highest BCUT2D eigenvalue weighted by Crippen LogP contribution is 2.28. The molecule has 10 heteroatoms. The van der Waals surface area contributed by atoms with Gasteiger partial charge in [-0.1, -0.05) is 40.9 Å². The Morgan fingerprint density at radius 3 is 2.17 bits per heavy atom. The molecule has 0 radical (unpaired) electrons. The predicted octanol–water partition coefficient (Wildman–Crippen LogP) is 5.29. The number of carbonyl (C=O) groups excluding carboxylic acids is 3. The summed E-state index contributed by atoms with van der Waals surface area (Å²) < 4.78 is 0. The number of benzene rings is 3. The van der Waals surface area contributed by atoms with Crippen LogP contribution in [0.2, 0.25) is 10.0 Å². The molecule has 0 bridgehead atoms. The second kappa shape index (κ2) is 10.7. The van der Waals surface area contributed by atoms with Gasteiger partial charge >= 0.3 is 0 Å². The molecule has 1 saturated heterocycles. The van der Waals surface area contributed by atoms with Crippen LogP contribution in [0.3, 0.4) is 0 Å². The maximum atomic E-state index is 13.5. The van der Waals surface area contributed by atoms with Crippen molar-refractivity contribution in [1.82, 2.24) is 10.4 Å². The van der Waals surface area contributed by atoms with Gasteiger partial charge in [0.1, 0.15) is 6.04 Å². The van der Waals surface area contributed by atoms with Crippen molar-refractivity contribution in [2.45, 2.75) is 26.3 Å². The van der Waals surface area contributed by atoms with Gasteiger partial charge in [-0.3, -0.25) is 24.7 Å². The number of thiocarbonyl (C=S) groups is 1. The molecule has 1 heterocycles. The number of hydrazine groups is 1. The van der Waals surface area contributed by atoms with Gasteiger partial charge < -0.3 is 5.32 Å². The summed E-state index contributed by atoms with van der Waals surface area (Å²) in [7, 11) is 0. The van der Waals surface area contributed by atoms with E-state index in [1.165, 1.54) is 9.91 Å². The van der Waals surface area contributed by atoms with Crippen LogP contribution < -0.4 is 15.6 Å². The molecule has 0 saturated carbocycles. The highest BCUT2D eigenvalue weighted by Gasteiger charge is 2.45. The minimum absolute atomic E-state index is 0.0361. The standard InChI is InChI=1S/C26H22Cl2N4O3S/c1-15-3-12-21(16(2)13-15)29-23(33)14-22-25(35)31(20-10-8-19(28)9-11-20)26(36)32(22)30-24(34)17-4-6-18(27)7-5-17/h3-13,22H,14H2,1-2H3,(H,29,33)(H,30,34)/t22-/m1/s1. The van der Waals surface area contributed by atoms with E-state index in [1.54, 1.807) is 48.5 Å². The van der Waals surface area contributed by atoms with Crippen molar-refractivity contribution in [2.24, 2.45) is 0 Å². The highest BCUT2D eigenvalue weighted by molar-refractivity contribution is 7.80. The van der Waals surface area contributed by atoms with Crippen molar-refractivity contribution in [1.29, 1.82) is 0 Å². The highest BCUT2D eigenvalue weighted by atomic mass is 35.5. The molecule has 2 N–H and O–H groups in total. The number of hydrogen-bond acceptors (Lipinski definition) is 4. The summed E-state index contributed by atoms with van der Waals surface area (Å²) in [4.78, 5) is 40.7. The number of aryl methyl sites for hydroxylation is 2. The quantitative estimate of drug-likeness (QED) is 0.415. The lowest BCUT2D eigenvalue weighted by molar-refractivity contribution is -0.124. The van der Waals surface area contributed by atoms with Gasteiger partial charge in [-0.2, -0.15) is 0 Å². The third-order valence-corrected chi connectivity index (χ3v) is 6.55. The largest absolute Gasteiger partial charge is 0.326 e. The van der Waals surface area contributed by atoms with E-state index in [0.29, 0.717) is 27.0 Å². The first-order chi connectivity index (χ1) is 17.1. The zero-order valence-electron chi connectivity index (χ0n) is 19.4. The lowest BCUT2D eigenvalue weighted by Crippen LogP contribution is -2.49. The Kier molecular flexibility index (Phi) is 7.59. The fourth-order valence-electron chi connectivity index (χ4n) is 3.83. The van der Waals surface area contributed by atoms with Crippen LogP contribution in [-0.2, 0) is 9.59 Å². The SMILES string of the molecule is Cc1ccc(NC(=O)C[C@@H]2C(=O)N(c3ccc(Cl)cc3)C(=S)N2NC(=O)c2ccc(Cl)cc2)c(C)c1. The van der Waals surface area contributed by atoms with Crippen LogP contribution in [0.25, 0.3) is 0 Å². The Balaban J connectivity index is 1.60. The van der Waals surface area contributed by atoms with Crippen LogP contribution in [0.4, 0.5) is 11.4 Å². The van der Waals surface area contributed by atoms with Crippen LogP contribution in [0.1, 0.15) is 27.9 Å². The smallest absolute Gasteiger partial charge is 0.269 e. The summed E-state index contributed by atoms with van der Waals surface area (Å²) >= 11 is 17.5. The van der Waals surface area contributed by atoms with Gasteiger partial charge in [-0.25, -0.2) is 5.01 Å². The average molecular weight is 541 g/mol. The van der Waals surface area contributed by atoms with Crippen LogP contribution in [0.5, 0.6) is 0 Å². The molecule has 3 aromatic rings. The first kappa shape index (κ1) is 25.6. The molecule has 1 atom stereocenters. The third-order valence-electron chi connectivity index (χ3n) is 5.66. The van der Waals surface area contributed by atoms with Gasteiger partial charge in [-0.15, -0.1) is 0 Å². The summed E-state index contributed by atoms with van der Waals surface area (Å²) in [5, 5.41) is 5.11. The zero-order valence-corrected chi connectivity index (χ0v) is 21.7. The summed E-state index contributed by atoms with van der Waals surface area (Å²) in [6.45, 7) is 3.85. The molecule has 1 fully saturated rings. The number of hydrogen-bond donors (Lipinski definition) is 2. The first-order valence-electron chi connectivity index (χ1n) is 11.0. The number of nitrogens with one attached hydrogen (secondary N) is 2.